The first-order chi connectivity index (χ1) is 8.45. The van der Waals surface area contributed by atoms with Crippen LogP contribution in [0.15, 0.2) is 39.3 Å². The zero-order valence-corrected chi connectivity index (χ0v) is 12.1. The molecule has 0 unspecified atom stereocenters. The minimum absolute atomic E-state index is 0.135. The van der Waals surface area contributed by atoms with E-state index < -0.39 is 11.6 Å². The van der Waals surface area contributed by atoms with Crippen LogP contribution in [0.25, 0.3) is 0 Å². The van der Waals surface area contributed by atoms with Gasteiger partial charge < -0.3 is 10.5 Å². The summed E-state index contributed by atoms with van der Waals surface area (Å²) < 4.78 is 32.5. The van der Waals surface area contributed by atoms with Crippen LogP contribution in [0.5, 0.6) is 11.5 Å². The summed E-state index contributed by atoms with van der Waals surface area (Å²) in [6.45, 7) is 0. The van der Waals surface area contributed by atoms with Crippen molar-refractivity contribution in [2.45, 2.75) is 0 Å². The fraction of sp³-hybridized carbons (Fsp3) is 0. The molecular formula is C12H7Br2F2NO. The molecular weight excluding hydrogens is 372 g/mol. The van der Waals surface area contributed by atoms with Gasteiger partial charge in [-0.1, -0.05) is 15.9 Å². The maximum atomic E-state index is 13.2. The van der Waals surface area contributed by atoms with Gasteiger partial charge in [0.1, 0.15) is 17.4 Å². The molecule has 0 aliphatic rings. The molecule has 0 saturated carbocycles. The third-order valence-electron chi connectivity index (χ3n) is 2.12. The lowest BCUT2D eigenvalue weighted by Crippen LogP contribution is -1.94. The third kappa shape index (κ3) is 3.00. The van der Waals surface area contributed by atoms with E-state index in [0.717, 1.165) is 6.07 Å². The van der Waals surface area contributed by atoms with Crippen molar-refractivity contribution < 1.29 is 13.5 Å². The Balaban J connectivity index is 2.36. The number of nitrogens with two attached hydrogens (primary N) is 1. The number of halogens is 4. The van der Waals surface area contributed by atoms with Crippen LogP contribution in [0.2, 0.25) is 0 Å². The molecule has 2 aromatic rings. The summed E-state index contributed by atoms with van der Waals surface area (Å²) in [5.74, 6) is -0.410. The maximum absolute atomic E-state index is 13.2. The Morgan fingerprint density at radius 2 is 1.72 bits per heavy atom. The van der Waals surface area contributed by atoms with Crippen molar-refractivity contribution in [3.8, 4) is 11.5 Å². The van der Waals surface area contributed by atoms with Crippen molar-refractivity contribution in [3.63, 3.8) is 0 Å². The van der Waals surface area contributed by atoms with Crippen LogP contribution in [0, 0.1) is 11.6 Å². The molecule has 2 nitrogen and oxygen atoms in total. The summed E-state index contributed by atoms with van der Waals surface area (Å²) in [5.41, 5.74) is 5.76. The molecule has 0 fully saturated rings. The van der Waals surface area contributed by atoms with E-state index in [-0.39, 0.29) is 21.7 Å². The van der Waals surface area contributed by atoms with E-state index in [9.17, 15) is 8.78 Å². The minimum Gasteiger partial charge on any atom is -0.455 e. The smallest absolute Gasteiger partial charge is 0.151 e. The number of hydrogen-bond donors (Lipinski definition) is 1. The van der Waals surface area contributed by atoms with Gasteiger partial charge in [0.05, 0.1) is 10.2 Å². The van der Waals surface area contributed by atoms with Crippen LogP contribution in [0.1, 0.15) is 0 Å². The van der Waals surface area contributed by atoms with Crippen molar-refractivity contribution in [1.29, 1.82) is 0 Å². The van der Waals surface area contributed by atoms with Crippen LogP contribution in [0.3, 0.4) is 0 Å². The van der Waals surface area contributed by atoms with Crippen LogP contribution >= 0.6 is 31.9 Å². The predicted octanol–water partition coefficient (Wildman–Crippen LogP) is 4.86. The SMILES string of the molecule is Nc1cc(F)c(Br)cc1Oc1cc(F)cc(Br)c1. The predicted molar refractivity (Wildman–Crippen MR) is 72.7 cm³/mol. The van der Waals surface area contributed by atoms with Crippen molar-refractivity contribution >= 4 is 37.5 Å². The highest BCUT2D eigenvalue weighted by molar-refractivity contribution is 9.10. The Labute approximate surface area is 119 Å². The van der Waals surface area contributed by atoms with E-state index in [1.807, 2.05) is 0 Å². The molecule has 0 aliphatic carbocycles. The Morgan fingerprint density at radius 3 is 2.39 bits per heavy atom. The highest BCUT2D eigenvalue weighted by atomic mass is 79.9. The van der Waals surface area contributed by atoms with Crippen LogP contribution < -0.4 is 10.5 Å². The second-order valence-corrected chi connectivity index (χ2v) is 5.28. The largest absolute Gasteiger partial charge is 0.455 e. The van der Waals surface area contributed by atoms with Gasteiger partial charge in [-0.15, -0.1) is 0 Å². The van der Waals surface area contributed by atoms with Crippen LogP contribution in [-0.2, 0) is 0 Å². The lowest BCUT2D eigenvalue weighted by atomic mass is 10.3. The quantitative estimate of drug-likeness (QED) is 0.757. The summed E-state index contributed by atoms with van der Waals surface area (Å²) in [6.07, 6.45) is 0. The molecule has 0 radical (unpaired) electrons. The molecule has 0 atom stereocenters. The molecule has 0 spiro atoms. The summed E-state index contributed by atoms with van der Waals surface area (Å²) in [6, 6.07) is 6.62. The zero-order valence-electron chi connectivity index (χ0n) is 8.88. The maximum Gasteiger partial charge on any atom is 0.151 e. The Bertz CT molecular complexity index is 585. The molecule has 6 heteroatoms. The van der Waals surface area contributed by atoms with E-state index in [1.165, 1.54) is 18.2 Å². The number of nitrogen functional groups attached to an aromatic ring is 1. The Morgan fingerprint density at radius 1 is 1.00 bits per heavy atom. The molecule has 94 valence electrons. The molecule has 2 rings (SSSR count). The van der Waals surface area contributed by atoms with Crippen LogP contribution in [0.4, 0.5) is 14.5 Å². The van der Waals surface area contributed by atoms with E-state index in [4.69, 9.17) is 10.5 Å². The molecule has 0 heterocycles. The first kappa shape index (κ1) is 13.3. The minimum atomic E-state index is -0.486. The fourth-order valence-corrected chi connectivity index (χ4v) is 2.11. The van der Waals surface area contributed by atoms with Crippen molar-refractivity contribution in [2.24, 2.45) is 0 Å². The van der Waals surface area contributed by atoms with E-state index >= 15 is 0 Å². The van der Waals surface area contributed by atoms with Crippen molar-refractivity contribution in [3.05, 3.63) is 50.9 Å². The van der Waals surface area contributed by atoms with Gasteiger partial charge in [-0.05, 0) is 28.1 Å². The van der Waals surface area contributed by atoms with Crippen LogP contribution in [-0.4, -0.2) is 0 Å². The van der Waals surface area contributed by atoms with Gasteiger partial charge in [0.25, 0.3) is 0 Å². The van der Waals surface area contributed by atoms with Crippen molar-refractivity contribution in [1.82, 2.24) is 0 Å². The fourth-order valence-electron chi connectivity index (χ4n) is 1.35. The van der Waals surface area contributed by atoms with Gasteiger partial charge in [0, 0.05) is 22.7 Å². The van der Waals surface area contributed by atoms with Gasteiger partial charge in [0.2, 0.25) is 0 Å². The van der Waals surface area contributed by atoms with Gasteiger partial charge in [-0.2, -0.15) is 0 Å². The number of hydrogen-bond acceptors (Lipinski definition) is 2. The van der Waals surface area contributed by atoms with Gasteiger partial charge in [-0.3, -0.25) is 0 Å². The molecule has 2 N–H and O–H groups in total. The second-order valence-electron chi connectivity index (χ2n) is 3.51. The highest BCUT2D eigenvalue weighted by Crippen LogP contribution is 2.33. The van der Waals surface area contributed by atoms with Gasteiger partial charge >= 0.3 is 0 Å². The zero-order chi connectivity index (χ0) is 13.3. The first-order valence-electron chi connectivity index (χ1n) is 4.84. The van der Waals surface area contributed by atoms with Gasteiger partial charge in [0.15, 0.2) is 5.75 Å². The summed E-state index contributed by atoms with van der Waals surface area (Å²) in [5, 5.41) is 0. The lowest BCUT2D eigenvalue weighted by molar-refractivity contribution is 0.476. The van der Waals surface area contributed by atoms with E-state index in [0.29, 0.717) is 4.47 Å². The van der Waals surface area contributed by atoms with E-state index in [1.54, 1.807) is 6.07 Å². The Hall–Kier alpha value is -1.14. The standard InChI is InChI=1S/C12H7Br2F2NO/c13-6-1-7(15)3-8(2-6)18-12-4-9(14)10(16)5-11(12)17/h1-5H,17H2. The molecule has 0 amide bonds. The summed E-state index contributed by atoms with van der Waals surface area (Å²) in [7, 11) is 0. The topological polar surface area (TPSA) is 35.2 Å². The molecule has 18 heavy (non-hydrogen) atoms. The molecule has 0 saturated heterocycles. The van der Waals surface area contributed by atoms with Gasteiger partial charge in [-0.25, -0.2) is 8.78 Å². The first-order valence-corrected chi connectivity index (χ1v) is 6.43. The monoisotopic (exact) mass is 377 g/mol. The molecule has 0 aliphatic heterocycles. The normalized spacial score (nSPS) is 10.4. The third-order valence-corrected chi connectivity index (χ3v) is 3.18. The Kier molecular flexibility index (Phi) is 3.87. The van der Waals surface area contributed by atoms with E-state index in [2.05, 4.69) is 31.9 Å². The number of rotatable bonds is 2. The molecule has 2 aromatic carbocycles. The molecule has 0 bridgehead atoms. The number of ether oxygens (including phenoxy) is 1. The average molecular weight is 379 g/mol. The molecule has 0 aromatic heterocycles. The second kappa shape index (κ2) is 5.24. The summed E-state index contributed by atoms with van der Waals surface area (Å²) in [4.78, 5) is 0. The lowest BCUT2D eigenvalue weighted by Gasteiger charge is -2.10. The number of benzene rings is 2. The average Bonchev–Trinajstić information content (AvgIpc) is 2.24. The highest BCUT2D eigenvalue weighted by Gasteiger charge is 2.09. The summed E-state index contributed by atoms with van der Waals surface area (Å²) >= 11 is 6.18. The van der Waals surface area contributed by atoms with Crippen molar-refractivity contribution in [2.75, 3.05) is 5.73 Å². The number of anilines is 1.